The van der Waals surface area contributed by atoms with Gasteiger partial charge in [-0.3, -0.25) is 4.79 Å². The van der Waals surface area contributed by atoms with Crippen LogP contribution in [0.1, 0.15) is 25.3 Å². The van der Waals surface area contributed by atoms with Crippen molar-refractivity contribution in [2.24, 2.45) is 0 Å². The molecule has 0 bridgehead atoms. The normalized spacial score (nSPS) is 18.9. The van der Waals surface area contributed by atoms with Crippen molar-refractivity contribution < 1.29 is 9.53 Å². The van der Waals surface area contributed by atoms with Crippen LogP contribution < -0.4 is 10.1 Å². The third kappa shape index (κ3) is 3.16. The maximum absolute atomic E-state index is 11.9. The molecule has 2 unspecified atom stereocenters. The minimum Gasteiger partial charge on any atom is -0.480 e. The van der Waals surface area contributed by atoms with E-state index in [1.54, 1.807) is 0 Å². The fourth-order valence-electron chi connectivity index (χ4n) is 2.00. The monoisotopic (exact) mass is 267 g/mol. The van der Waals surface area contributed by atoms with E-state index in [4.69, 9.17) is 16.3 Å². The molecular weight excluding hydrogens is 250 g/mol. The highest BCUT2D eigenvalue weighted by atomic mass is 35.5. The number of amides is 1. The second-order valence-electron chi connectivity index (χ2n) is 4.50. The number of halogens is 1. The Bertz CT molecular complexity index is 397. The number of hydrogen-bond donors (Lipinski definition) is 1. The first-order valence-corrected chi connectivity index (χ1v) is 6.80. The highest BCUT2D eigenvalue weighted by Crippen LogP contribution is 2.28. The molecule has 0 aliphatic carbocycles. The Morgan fingerprint density at radius 2 is 2.33 bits per heavy atom. The molecule has 1 aromatic rings. The van der Waals surface area contributed by atoms with Gasteiger partial charge in [0.2, 0.25) is 0 Å². The van der Waals surface area contributed by atoms with E-state index < -0.39 is 6.10 Å². The van der Waals surface area contributed by atoms with Crippen molar-refractivity contribution in [1.29, 1.82) is 0 Å². The SMILES string of the molecule is CCC(Cl)CCNC(=O)C1Cc2ccccc2O1. The van der Waals surface area contributed by atoms with Crippen molar-refractivity contribution in [3.05, 3.63) is 29.8 Å². The van der Waals surface area contributed by atoms with Crippen molar-refractivity contribution in [1.82, 2.24) is 5.32 Å². The fraction of sp³-hybridized carbons (Fsp3) is 0.500. The van der Waals surface area contributed by atoms with Crippen molar-refractivity contribution in [2.45, 2.75) is 37.7 Å². The predicted octanol–water partition coefficient (Wildman–Crippen LogP) is 2.51. The summed E-state index contributed by atoms with van der Waals surface area (Å²) in [5, 5.41) is 3.01. The van der Waals surface area contributed by atoms with Gasteiger partial charge in [0.15, 0.2) is 6.10 Å². The number of carbonyl (C=O) groups is 1. The van der Waals surface area contributed by atoms with Gasteiger partial charge in [0.1, 0.15) is 5.75 Å². The summed E-state index contributed by atoms with van der Waals surface area (Å²) in [5.74, 6) is 0.771. The van der Waals surface area contributed by atoms with Gasteiger partial charge in [-0.05, 0) is 24.5 Å². The van der Waals surface area contributed by atoms with Crippen LogP contribution >= 0.6 is 11.6 Å². The van der Waals surface area contributed by atoms with Gasteiger partial charge >= 0.3 is 0 Å². The first-order chi connectivity index (χ1) is 8.70. The largest absolute Gasteiger partial charge is 0.480 e. The summed E-state index contributed by atoms with van der Waals surface area (Å²) < 4.78 is 5.61. The topological polar surface area (TPSA) is 38.3 Å². The number of carbonyl (C=O) groups excluding carboxylic acids is 1. The number of para-hydroxylation sites is 1. The predicted molar refractivity (Wildman–Crippen MR) is 72.1 cm³/mol. The highest BCUT2D eigenvalue weighted by Gasteiger charge is 2.28. The molecule has 3 nitrogen and oxygen atoms in total. The van der Waals surface area contributed by atoms with Crippen molar-refractivity contribution in [3.63, 3.8) is 0 Å². The van der Waals surface area contributed by atoms with E-state index in [0.717, 1.165) is 24.2 Å². The zero-order valence-corrected chi connectivity index (χ0v) is 11.2. The summed E-state index contributed by atoms with van der Waals surface area (Å²) in [6.45, 7) is 2.65. The Labute approximate surface area is 112 Å². The van der Waals surface area contributed by atoms with Gasteiger partial charge < -0.3 is 10.1 Å². The van der Waals surface area contributed by atoms with Crippen LogP contribution in [-0.4, -0.2) is 23.9 Å². The molecule has 0 radical (unpaired) electrons. The number of benzene rings is 1. The zero-order valence-electron chi connectivity index (χ0n) is 10.5. The number of rotatable bonds is 5. The lowest BCUT2D eigenvalue weighted by atomic mass is 10.1. The van der Waals surface area contributed by atoms with Crippen LogP contribution in [0.2, 0.25) is 0 Å². The van der Waals surface area contributed by atoms with Crippen LogP contribution in [-0.2, 0) is 11.2 Å². The summed E-state index contributed by atoms with van der Waals surface area (Å²) in [7, 11) is 0. The average Bonchev–Trinajstić information content (AvgIpc) is 2.82. The van der Waals surface area contributed by atoms with Gasteiger partial charge in [-0.2, -0.15) is 0 Å². The number of ether oxygens (including phenoxy) is 1. The van der Waals surface area contributed by atoms with Crippen LogP contribution in [0.25, 0.3) is 0 Å². The quantitative estimate of drug-likeness (QED) is 0.833. The van der Waals surface area contributed by atoms with Gasteiger partial charge in [0, 0.05) is 18.3 Å². The van der Waals surface area contributed by atoms with Crippen LogP contribution in [0.15, 0.2) is 24.3 Å². The van der Waals surface area contributed by atoms with Crippen molar-refractivity contribution in [2.75, 3.05) is 6.54 Å². The summed E-state index contributed by atoms with van der Waals surface area (Å²) in [6, 6.07) is 7.77. The molecule has 98 valence electrons. The number of nitrogens with one attached hydrogen (secondary N) is 1. The van der Waals surface area contributed by atoms with Crippen LogP contribution in [0, 0.1) is 0 Å². The summed E-state index contributed by atoms with van der Waals surface area (Å²) in [6.07, 6.45) is 1.98. The van der Waals surface area contributed by atoms with E-state index in [1.807, 2.05) is 31.2 Å². The number of alkyl halides is 1. The van der Waals surface area contributed by atoms with Crippen LogP contribution in [0.4, 0.5) is 0 Å². The van der Waals surface area contributed by atoms with Gasteiger partial charge in [0.25, 0.3) is 5.91 Å². The molecule has 0 saturated heterocycles. The smallest absolute Gasteiger partial charge is 0.261 e. The number of hydrogen-bond acceptors (Lipinski definition) is 2. The van der Waals surface area contributed by atoms with E-state index in [1.165, 1.54) is 0 Å². The maximum Gasteiger partial charge on any atom is 0.261 e. The molecule has 2 rings (SSSR count). The molecule has 1 heterocycles. The van der Waals surface area contributed by atoms with Gasteiger partial charge in [-0.1, -0.05) is 25.1 Å². The lowest BCUT2D eigenvalue weighted by Crippen LogP contribution is -2.38. The Morgan fingerprint density at radius 3 is 3.06 bits per heavy atom. The van der Waals surface area contributed by atoms with Gasteiger partial charge in [-0.25, -0.2) is 0 Å². The molecule has 0 fully saturated rings. The minimum atomic E-state index is -0.391. The van der Waals surface area contributed by atoms with E-state index in [0.29, 0.717) is 13.0 Å². The third-order valence-corrected chi connectivity index (χ3v) is 3.67. The molecule has 1 aliphatic heterocycles. The summed E-state index contributed by atoms with van der Waals surface area (Å²) in [4.78, 5) is 11.9. The highest BCUT2D eigenvalue weighted by molar-refractivity contribution is 6.20. The molecule has 4 heteroatoms. The minimum absolute atomic E-state index is 0.0498. The Kier molecular flexibility index (Phi) is 4.48. The lowest BCUT2D eigenvalue weighted by molar-refractivity contribution is -0.127. The first kappa shape index (κ1) is 13.2. The van der Waals surface area contributed by atoms with E-state index in [-0.39, 0.29) is 11.3 Å². The second-order valence-corrected chi connectivity index (χ2v) is 5.12. The maximum atomic E-state index is 11.9. The Morgan fingerprint density at radius 1 is 1.56 bits per heavy atom. The Hall–Kier alpha value is -1.22. The van der Waals surface area contributed by atoms with E-state index in [2.05, 4.69) is 5.32 Å². The van der Waals surface area contributed by atoms with Crippen molar-refractivity contribution in [3.8, 4) is 5.75 Å². The summed E-state index contributed by atoms with van der Waals surface area (Å²) in [5.41, 5.74) is 1.10. The summed E-state index contributed by atoms with van der Waals surface area (Å²) >= 11 is 6.00. The molecule has 0 aromatic heterocycles. The first-order valence-electron chi connectivity index (χ1n) is 6.37. The molecule has 0 saturated carbocycles. The number of fused-ring (bicyclic) bond motifs is 1. The van der Waals surface area contributed by atoms with Gasteiger partial charge in [-0.15, -0.1) is 11.6 Å². The molecular formula is C14H18ClNO2. The standard InChI is InChI=1S/C14H18ClNO2/c1-2-11(15)7-8-16-14(17)13-9-10-5-3-4-6-12(10)18-13/h3-6,11,13H,2,7-9H2,1H3,(H,16,17). The van der Waals surface area contributed by atoms with E-state index in [9.17, 15) is 4.79 Å². The van der Waals surface area contributed by atoms with E-state index >= 15 is 0 Å². The molecule has 1 aliphatic rings. The average molecular weight is 268 g/mol. The molecule has 1 amide bonds. The third-order valence-electron chi connectivity index (χ3n) is 3.14. The van der Waals surface area contributed by atoms with Crippen LogP contribution in [0.5, 0.6) is 5.75 Å². The second kappa shape index (κ2) is 6.10. The molecule has 0 spiro atoms. The van der Waals surface area contributed by atoms with Crippen LogP contribution in [0.3, 0.4) is 0 Å². The fourth-order valence-corrected chi connectivity index (χ4v) is 2.11. The molecule has 18 heavy (non-hydrogen) atoms. The van der Waals surface area contributed by atoms with Gasteiger partial charge in [0.05, 0.1) is 0 Å². The zero-order chi connectivity index (χ0) is 13.0. The Balaban J connectivity index is 1.79. The lowest BCUT2D eigenvalue weighted by Gasteiger charge is -2.12. The molecule has 1 N–H and O–H groups in total. The molecule has 1 aromatic carbocycles. The molecule has 2 atom stereocenters. The van der Waals surface area contributed by atoms with Crippen molar-refractivity contribution >= 4 is 17.5 Å².